The van der Waals surface area contributed by atoms with Gasteiger partial charge in [-0.1, -0.05) is 36.4 Å². The number of hydrogen-bond donors (Lipinski definition) is 1. The molecule has 0 saturated heterocycles. The molecule has 0 aliphatic heterocycles. The van der Waals surface area contributed by atoms with Gasteiger partial charge >= 0.3 is 6.18 Å². The molecule has 2 aromatic carbocycles. The zero-order valence-corrected chi connectivity index (χ0v) is 11.5. The molecule has 1 unspecified atom stereocenters. The fourth-order valence-corrected chi connectivity index (χ4v) is 2.82. The maximum absolute atomic E-state index is 12.5. The molecule has 1 atom stereocenters. The molecule has 0 spiro atoms. The van der Waals surface area contributed by atoms with Gasteiger partial charge in [-0.3, -0.25) is 0 Å². The molecule has 3 rings (SSSR count). The number of fused-ring (bicyclic) bond motifs is 1. The van der Waals surface area contributed by atoms with Crippen molar-refractivity contribution >= 4 is 0 Å². The van der Waals surface area contributed by atoms with Crippen molar-refractivity contribution in [3.63, 3.8) is 0 Å². The third-order valence-corrected chi connectivity index (χ3v) is 3.97. The second kappa shape index (κ2) is 5.53. The maximum atomic E-state index is 12.5. The Bertz CT molecular complexity index is 617. The first-order valence-electron chi connectivity index (χ1n) is 7.01. The Labute approximate surface area is 121 Å². The average Bonchev–Trinajstić information content (AvgIpc) is 2.88. The van der Waals surface area contributed by atoms with Crippen LogP contribution in [0.1, 0.15) is 34.7 Å². The Hall–Kier alpha value is -1.81. The SMILES string of the molecule is FC(F)(F)c1ccc(CNC2CCc3ccccc32)cc1. The van der Waals surface area contributed by atoms with Crippen LogP contribution in [0.5, 0.6) is 0 Å². The lowest BCUT2D eigenvalue weighted by molar-refractivity contribution is -0.137. The maximum Gasteiger partial charge on any atom is 0.416 e. The Morgan fingerprint density at radius 3 is 2.43 bits per heavy atom. The summed E-state index contributed by atoms with van der Waals surface area (Å²) >= 11 is 0. The first kappa shape index (κ1) is 14.1. The molecule has 2 aromatic rings. The molecule has 0 aromatic heterocycles. The molecule has 1 N–H and O–H groups in total. The first-order valence-corrected chi connectivity index (χ1v) is 7.01. The molecule has 0 heterocycles. The lowest BCUT2D eigenvalue weighted by Crippen LogP contribution is -2.18. The smallest absolute Gasteiger partial charge is 0.306 e. The molecule has 1 nitrogen and oxygen atoms in total. The minimum Gasteiger partial charge on any atom is -0.306 e. The Kier molecular flexibility index (Phi) is 3.72. The van der Waals surface area contributed by atoms with E-state index in [1.807, 2.05) is 12.1 Å². The summed E-state index contributed by atoms with van der Waals surface area (Å²) in [6, 6.07) is 14.0. The van der Waals surface area contributed by atoms with Gasteiger partial charge in [0.15, 0.2) is 0 Å². The van der Waals surface area contributed by atoms with Crippen molar-refractivity contribution in [2.75, 3.05) is 0 Å². The molecule has 0 saturated carbocycles. The van der Waals surface area contributed by atoms with Gasteiger partial charge in [0.1, 0.15) is 0 Å². The molecule has 1 aliphatic rings. The standard InChI is InChI=1S/C17H16F3N/c18-17(19,20)14-8-5-12(6-9-14)11-21-16-10-7-13-3-1-2-4-15(13)16/h1-6,8-9,16,21H,7,10-11H2. The van der Waals surface area contributed by atoms with E-state index in [1.165, 1.54) is 23.3 Å². The average molecular weight is 291 g/mol. The predicted octanol–water partition coefficient (Wildman–Crippen LogP) is 4.48. The van der Waals surface area contributed by atoms with Crippen LogP contribution in [0.15, 0.2) is 48.5 Å². The highest BCUT2D eigenvalue weighted by Gasteiger charge is 2.30. The van der Waals surface area contributed by atoms with Crippen LogP contribution in [0, 0.1) is 0 Å². The fourth-order valence-electron chi connectivity index (χ4n) is 2.82. The van der Waals surface area contributed by atoms with Crippen LogP contribution in [0.4, 0.5) is 13.2 Å². The number of hydrogen-bond acceptors (Lipinski definition) is 1. The topological polar surface area (TPSA) is 12.0 Å². The van der Waals surface area contributed by atoms with E-state index in [1.54, 1.807) is 0 Å². The predicted molar refractivity (Wildman–Crippen MR) is 75.8 cm³/mol. The van der Waals surface area contributed by atoms with E-state index in [2.05, 4.69) is 17.4 Å². The van der Waals surface area contributed by atoms with Gasteiger partial charge in [-0.25, -0.2) is 0 Å². The van der Waals surface area contributed by atoms with E-state index in [0.29, 0.717) is 12.6 Å². The fraction of sp³-hybridized carbons (Fsp3) is 0.294. The van der Waals surface area contributed by atoms with Crippen LogP contribution >= 0.6 is 0 Å². The number of alkyl halides is 3. The van der Waals surface area contributed by atoms with E-state index in [9.17, 15) is 13.2 Å². The summed E-state index contributed by atoms with van der Waals surface area (Å²) in [5.41, 5.74) is 2.94. The molecule has 1 aliphatic carbocycles. The molecule has 0 radical (unpaired) electrons. The summed E-state index contributed by atoms with van der Waals surface area (Å²) in [6.45, 7) is 0.580. The highest BCUT2D eigenvalue weighted by molar-refractivity contribution is 5.34. The summed E-state index contributed by atoms with van der Waals surface area (Å²) in [5.74, 6) is 0. The van der Waals surface area contributed by atoms with Crippen LogP contribution in [-0.4, -0.2) is 0 Å². The van der Waals surface area contributed by atoms with Crippen molar-refractivity contribution in [3.8, 4) is 0 Å². The minimum atomic E-state index is -4.27. The lowest BCUT2D eigenvalue weighted by atomic mass is 10.1. The Morgan fingerprint density at radius 1 is 1.00 bits per heavy atom. The van der Waals surface area contributed by atoms with E-state index >= 15 is 0 Å². The number of nitrogens with one attached hydrogen (secondary N) is 1. The van der Waals surface area contributed by atoms with Crippen molar-refractivity contribution < 1.29 is 13.2 Å². The monoisotopic (exact) mass is 291 g/mol. The summed E-state index contributed by atoms with van der Waals surface area (Å²) in [5, 5.41) is 3.43. The minimum absolute atomic E-state index is 0.295. The Balaban J connectivity index is 1.64. The van der Waals surface area contributed by atoms with Gasteiger partial charge in [0.2, 0.25) is 0 Å². The Morgan fingerprint density at radius 2 is 1.71 bits per heavy atom. The zero-order valence-electron chi connectivity index (χ0n) is 11.5. The third kappa shape index (κ3) is 3.10. The highest BCUT2D eigenvalue weighted by atomic mass is 19.4. The van der Waals surface area contributed by atoms with Crippen LogP contribution in [-0.2, 0) is 19.1 Å². The molecule has 0 amide bonds. The number of aryl methyl sites for hydroxylation is 1. The third-order valence-electron chi connectivity index (χ3n) is 3.97. The van der Waals surface area contributed by atoms with E-state index in [0.717, 1.165) is 30.5 Å². The van der Waals surface area contributed by atoms with Crippen LogP contribution in [0.25, 0.3) is 0 Å². The lowest BCUT2D eigenvalue weighted by Gasteiger charge is -2.14. The summed E-state index contributed by atoms with van der Waals surface area (Å²) in [4.78, 5) is 0. The van der Waals surface area contributed by atoms with E-state index in [4.69, 9.17) is 0 Å². The summed E-state index contributed by atoms with van der Waals surface area (Å²) in [7, 11) is 0. The first-order chi connectivity index (χ1) is 10.0. The van der Waals surface area contributed by atoms with Gasteiger partial charge in [0.05, 0.1) is 5.56 Å². The van der Waals surface area contributed by atoms with Gasteiger partial charge in [-0.05, 0) is 41.7 Å². The van der Waals surface area contributed by atoms with Crippen molar-refractivity contribution in [1.29, 1.82) is 0 Å². The molecular formula is C17H16F3N. The number of benzene rings is 2. The van der Waals surface area contributed by atoms with Gasteiger partial charge in [-0.2, -0.15) is 13.2 Å². The molecule has 4 heteroatoms. The second-order valence-electron chi connectivity index (χ2n) is 5.37. The zero-order chi connectivity index (χ0) is 14.9. The molecule has 110 valence electrons. The summed E-state index contributed by atoms with van der Waals surface area (Å²) < 4.78 is 37.5. The number of rotatable bonds is 3. The summed E-state index contributed by atoms with van der Waals surface area (Å²) in [6.07, 6.45) is -2.17. The molecule has 21 heavy (non-hydrogen) atoms. The van der Waals surface area contributed by atoms with Crippen LogP contribution < -0.4 is 5.32 Å². The quantitative estimate of drug-likeness (QED) is 0.879. The van der Waals surface area contributed by atoms with Crippen molar-refractivity contribution in [3.05, 3.63) is 70.8 Å². The second-order valence-corrected chi connectivity index (χ2v) is 5.37. The highest BCUT2D eigenvalue weighted by Crippen LogP contribution is 2.31. The molecule has 0 fully saturated rings. The van der Waals surface area contributed by atoms with Crippen molar-refractivity contribution in [2.24, 2.45) is 0 Å². The normalized spacial score (nSPS) is 17.8. The van der Waals surface area contributed by atoms with Gasteiger partial charge in [0, 0.05) is 12.6 Å². The molecule has 0 bridgehead atoms. The van der Waals surface area contributed by atoms with E-state index in [-0.39, 0.29) is 0 Å². The van der Waals surface area contributed by atoms with Gasteiger partial charge in [-0.15, -0.1) is 0 Å². The van der Waals surface area contributed by atoms with Crippen molar-refractivity contribution in [1.82, 2.24) is 5.32 Å². The van der Waals surface area contributed by atoms with Crippen LogP contribution in [0.2, 0.25) is 0 Å². The van der Waals surface area contributed by atoms with Crippen LogP contribution in [0.3, 0.4) is 0 Å². The van der Waals surface area contributed by atoms with Crippen molar-refractivity contribution in [2.45, 2.75) is 31.6 Å². The van der Waals surface area contributed by atoms with E-state index < -0.39 is 11.7 Å². The molecular weight excluding hydrogens is 275 g/mol. The van der Waals surface area contributed by atoms with Gasteiger partial charge in [0.25, 0.3) is 0 Å². The largest absolute Gasteiger partial charge is 0.416 e. The number of halogens is 3. The van der Waals surface area contributed by atoms with Gasteiger partial charge < -0.3 is 5.32 Å².